The molecule has 1 aliphatic carbocycles. The van der Waals surface area contributed by atoms with Crippen molar-refractivity contribution in [1.29, 1.82) is 0 Å². The van der Waals surface area contributed by atoms with Gasteiger partial charge < -0.3 is 34.5 Å². The number of benzene rings is 2. The van der Waals surface area contributed by atoms with Crippen molar-refractivity contribution >= 4 is 34.8 Å². The van der Waals surface area contributed by atoms with E-state index >= 15 is 0 Å². The first kappa shape index (κ1) is 34.5. The Kier molecular flexibility index (Phi) is 9.84. The van der Waals surface area contributed by atoms with Crippen molar-refractivity contribution in [2.45, 2.75) is 83.2 Å². The zero-order valence-electron chi connectivity index (χ0n) is 28.5. The van der Waals surface area contributed by atoms with Crippen LogP contribution in [-0.4, -0.2) is 83.9 Å². The number of likely N-dealkylation sites (tertiary alicyclic amines) is 1. The van der Waals surface area contributed by atoms with Crippen LogP contribution < -0.4 is 20.1 Å². The second-order valence-corrected chi connectivity index (χ2v) is 13.7. The van der Waals surface area contributed by atoms with Gasteiger partial charge >= 0.3 is 12.1 Å². The van der Waals surface area contributed by atoms with Gasteiger partial charge in [-0.15, -0.1) is 0 Å². The number of pyridine rings is 1. The van der Waals surface area contributed by atoms with Crippen LogP contribution in [0.4, 0.5) is 4.79 Å². The first-order valence-electron chi connectivity index (χ1n) is 16.1. The van der Waals surface area contributed by atoms with E-state index in [1.807, 2.05) is 54.6 Å². The van der Waals surface area contributed by atoms with Crippen molar-refractivity contribution in [3.8, 4) is 22.8 Å². The number of nitrogens with one attached hydrogen (secondary N) is 2. The van der Waals surface area contributed by atoms with Crippen LogP contribution in [0.15, 0.2) is 54.6 Å². The van der Waals surface area contributed by atoms with Crippen LogP contribution in [-0.2, 0) is 23.9 Å². The van der Waals surface area contributed by atoms with E-state index < -0.39 is 53.2 Å². The number of alkyl carbamates (subject to hydrolysis) is 1. The fourth-order valence-electron chi connectivity index (χ4n) is 5.86. The number of amides is 3. The molecule has 2 heterocycles. The van der Waals surface area contributed by atoms with E-state index in [9.17, 15) is 19.2 Å². The largest absolute Gasteiger partial charge is 0.497 e. The van der Waals surface area contributed by atoms with Gasteiger partial charge in [0.1, 0.15) is 40.8 Å². The molecular formula is C36H44N4O8. The summed E-state index contributed by atoms with van der Waals surface area (Å²) in [5.74, 6) is -0.645. The quantitative estimate of drug-likeness (QED) is 0.297. The number of aromatic nitrogens is 1. The van der Waals surface area contributed by atoms with Crippen molar-refractivity contribution in [3.05, 3.63) is 54.6 Å². The highest BCUT2D eigenvalue weighted by Crippen LogP contribution is 2.38. The number of hydrogen-bond donors (Lipinski definition) is 2. The molecule has 1 aromatic heterocycles. The molecule has 0 bridgehead atoms. The summed E-state index contributed by atoms with van der Waals surface area (Å²) in [6.45, 7) is 8.87. The molecule has 3 amide bonds. The van der Waals surface area contributed by atoms with Crippen molar-refractivity contribution in [1.82, 2.24) is 20.5 Å². The lowest BCUT2D eigenvalue weighted by atomic mass is 10.0. The van der Waals surface area contributed by atoms with Gasteiger partial charge in [-0.25, -0.2) is 14.6 Å². The van der Waals surface area contributed by atoms with Crippen LogP contribution in [0.1, 0.15) is 53.9 Å². The molecule has 2 fully saturated rings. The smallest absolute Gasteiger partial charge is 0.408 e. The van der Waals surface area contributed by atoms with Crippen molar-refractivity contribution in [2.24, 2.45) is 5.92 Å². The molecule has 1 aliphatic heterocycles. The number of esters is 1. The molecule has 0 spiro atoms. The summed E-state index contributed by atoms with van der Waals surface area (Å²) < 4.78 is 22.4. The number of hydrogen-bond acceptors (Lipinski definition) is 9. The Hall–Kier alpha value is -4.87. The van der Waals surface area contributed by atoms with Crippen LogP contribution in [0.3, 0.4) is 0 Å². The standard InChI is InChI=1S/C36H44N4O8/c1-21(2)30(38-34(44)48-35(3,4)5)32(42)40-20-24(18-28(40)31(41)39-36(15-16-36)33(43)46-7)47-29-19-26(22-11-9-8-10-12-22)37-27-17-23(45-6)13-14-25(27)29/h8-14,17,19,21,24,28,30H,15-16,18,20H2,1-7H3,(H,38,44)(H,39,41). The third-order valence-corrected chi connectivity index (χ3v) is 8.48. The van der Waals surface area contributed by atoms with E-state index in [0.29, 0.717) is 35.6 Å². The van der Waals surface area contributed by atoms with Crippen LogP contribution in [0.25, 0.3) is 22.2 Å². The summed E-state index contributed by atoms with van der Waals surface area (Å²) >= 11 is 0. The molecule has 12 nitrogen and oxygen atoms in total. The third-order valence-electron chi connectivity index (χ3n) is 8.48. The summed E-state index contributed by atoms with van der Waals surface area (Å²) in [7, 11) is 2.86. The average Bonchev–Trinajstić information content (AvgIpc) is 3.71. The molecule has 3 atom stereocenters. The predicted octanol–water partition coefficient (Wildman–Crippen LogP) is 4.63. The predicted molar refractivity (Wildman–Crippen MR) is 178 cm³/mol. The van der Waals surface area contributed by atoms with Gasteiger partial charge in [0.2, 0.25) is 11.8 Å². The second kappa shape index (κ2) is 13.7. The number of methoxy groups -OCH3 is 2. The van der Waals surface area contributed by atoms with E-state index in [1.54, 1.807) is 41.7 Å². The molecule has 12 heteroatoms. The summed E-state index contributed by atoms with van der Waals surface area (Å²) in [6.07, 6.45) is -0.321. The van der Waals surface area contributed by atoms with Crippen molar-refractivity contribution < 1.29 is 38.1 Å². The maximum atomic E-state index is 14.2. The number of carbonyl (C=O) groups excluding carboxylic acids is 4. The lowest BCUT2D eigenvalue weighted by Gasteiger charge is -2.31. The summed E-state index contributed by atoms with van der Waals surface area (Å²) in [5, 5.41) is 6.28. The van der Waals surface area contributed by atoms with Crippen molar-refractivity contribution in [3.63, 3.8) is 0 Å². The van der Waals surface area contributed by atoms with Gasteiger partial charge in [0.05, 0.1) is 32.0 Å². The van der Waals surface area contributed by atoms with Crippen LogP contribution in [0.5, 0.6) is 11.5 Å². The monoisotopic (exact) mass is 660 g/mol. The average molecular weight is 661 g/mol. The van der Waals surface area contributed by atoms with Gasteiger partial charge in [-0.3, -0.25) is 9.59 Å². The molecular weight excluding hydrogens is 616 g/mol. The van der Waals surface area contributed by atoms with Gasteiger partial charge in [0, 0.05) is 29.5 Å². The zero-order valence-corrected chi connectivity index (χ0v) is 28.5. The van der Waals surface area contributed by atoms with Gasteiger partial charge in [0.15, 0.2) is 0 Å². The first-order chi connectivity index (χ1) is 22.7. The molecule has 1 saturated carbocycles. The van der Waals surface area contributed by atoms with Crippen molar-refractivity contribution in [2.75, 3.05) is 20.8 Å². The Balaban J connectivity index is 1.47. The minimum atomic E-state index is -1.11. The fraction of sp³-hybridized carbons (Fsp3) is 0.472. The Morgan fingerprint density at radius 3 is 2.31 bits per heavy atom. The topological polar surface area (TPSA) is 145 Å². The van der Waals surface area contributed by atoms with Gasteiger partial charge in [0.25, 0.3) is 0 Å². The zero-order chi connectivity index (χ0) is 34.8. The van der Waals surface area contributed by atoms with E-state index in [0.717, 1.165) is 10.9 Å². The summed E-state index contributed by atoms with van der Waals surface area (Å²) in [4.78, 5) is 59.6. The third kappa shape index (κ3) is 7.64. The van der Waals surface area contributed by atoms with E-state index in [1.165, 1.54) is 12.0 Å². The number of nitrogens with zero attached hydrogens (tertiary/aromatic N) is 2. The SMILES string of the molecule is COC(=O)C1(NC(=O)C2CC(Oc3cc(-c4ccccc4)nc4cc(OC)ccc34)CN2C(=O)C(NC(=O)OC(C)(C)C)C(C)C)CC1. The second-order valence-electron chi connectivity index (χ2n) is 13.7. The van der Waals surface area contributed by atoms with Crippen LogP contribution >= 0.6 is 0 Å². The highest BCUT2D eigenvalue weighted by Gasteiger charge is 2.54. The maximum Gasteiger partial charge on any atom is 0.408 e. The van der Waals surface area contributed by atoms with E-state index in [4.69, 9.17) is 23.9 Å². The molecule has 5 rings (SSSR count). The highest BCUT2D eigenvalue weighted by molar-refractivity contribution is 5.96. The molecule has 48 heavy (non-hydrogen) atoms. The van der Waals surface area contributed by atoms with Gasteiger partial charge in [-0.2, -0.15) is 0 Å². The number of rotatable bonds is 10. The highest BCUT2D eigenvalue weighted by atomic mass is 16.6. The lowest BCUT2D eigenvalue weighted by Crippen LogP contribution is -2.57. The summed E-state index contributed by atoms with van der Waals surface area (Å²) in [6, 6.07) is 15.1. The number of fused-ring (bicyclic) bond motifs is 1. The fourth-order valence-corrected chi connectivity index (χ4v) is 5.86. The Labute approximate surface area is 280 Å². The lowest BCUT2D eigenvalue weighted by molar-refractivity contribution is -0.148. The summed E-state index contributed by atoms with van der Waals surface area (Å²) in [5.41, 5.74) is 0.337. The van der Waals surface area contributed by atoms with Gasteiger partial charge in [-0.05, 0) is 51.7 Å². The Morgan fingerprint density at radius 1 is 1.00 bits per heavy atom. The molecule has 1 saturated heterocycles. The Morgan fingerprint density at radius 2 is 1.71 bits per heavy atom. The number of carbonyl (C=O) groups is 4. The molecule has 256 valence electrons. The van der Waals surface area contributed by atoms with E-state index in [-0.39, 0.29) is 18.9 Å². The molecule has 3 unspecified atom stereocenters. The molecule has 0 radical (unpaired) electrons. The van der Waals surface area contributed by atoms with Gasteiger partial charge in [-0.1, -0.05) is 44.2 Å². The Bertz CT molecular complexity index is 1680. The van der Waals surface area contributed by atoms with Crippen LogP contribution in [0, 0.1) is 5.92 Å². The molecule has 2 N–H and O–H groups in total. The first-order valence-corrected chi connectivity index (χ1v) is 16.1. The molecule has 3 aromatic rings. The minimum absolute atomic E-state index is 0.0575. The van der Waals surface area contributed by atoms with Crippen LogP contribution in [0.2, 0.25) is 0 Å². The number of ether oxygens (including phenoxy) is 4. The molecule has 2 aliphatic rings. The normalized spacial score (nSPS) is 19.0. The molecule has 2 aromatic carbocycles. The minimum Gasteiger partial charge on any atom is -0.497 e. The van der Waals surface area contributed by atoms with E-state index in [2.05, 4.69) is 10.6 Å². The maximum absolute atomic E-state index is 14.2.